The molecule has 0 aliphatic rings. The van der Waals surface area contributed by atoms with E-state index in [4.69, 9.17) is 10.8 Å². The molecule has 7 nitrogen and oxygen atoms in total. The van der Waals surface area contributed by atoms with E-state index in [0.29, 0.717) is 21.5 Å². The lowest BCUT2D eigenvalue weighted by molar-refractivity contribution is -0.139. The van der Waals surface area contributed by atoms with Gasteiger partial charge >= 0.3 is 0 Å². The molecular weight excluding hydrogens is 230 g/mol. The number of hydrogen-bond donors (Lipinski definition) is 4. The summed E-state index contributed by atoms with van der Waals surface area (Å²) in [5.74, 6) is -0.662. The van der Waals surface area contributed by atoms with Gasteiger partial charge in [-0.05, 0) is 0 Å². The van der Waals surface area contributed by atoms with Crippen LogP contribution in [0.4, 0.5) is 0 Å². The van der Waals surface area contributed by atoms with Crippen molar-refractivity contribution >= 4 is 27.4 Å². The van der Waals surface area contributed by atoms with E-state index < -0.39 is 5.91 Å². The summed E-state index contributed by atoms with van der Waals surface area (Å²) in [6.07, 6.45) is 0.104. The topological polar surface area (TPSA) is 108 Å². The van der Waals surface area contributed by atoms with E-state index in [-0.39, 0.29) is 18.8 Å². The standard InChI is InChI=1S/C7H17BN4O3P/c1-6(14)12(11-7(15)4-9)3-2-10-8-16-5-13/h10,13,16H,2-5,9H2,1H3,(H,11,15). The van der Waals surface area contributed by atoms with Gasteiger partial charge < -0.3 is 16.1 Å². The van der Waals surface area contributed by atoms with Crippen LogP contribution in [0.3, 0.4) is 0 Å². The minimum absolute atomic E-state index is 0.104. The molecule has 2 amide bonds. The van der Waals surface area contributed by atoms with Crippen molar-refractivity contribution in [3.8, 4) is 0 Å². The lowest BCUT2D eigenvalue weighted by Crippen LogP contribution is -2.49. The predicted molar refractivity (Wildman–Crippen MR) is 63.7 cm³/mol. The Bertz CT molecular complexity index is 232. The predicted octanol–water partition coefficient (Wildman–Crippen LogP) is -2.42. The van der Waals surface area contributed by atoms with Crippen LogP contribution in [0, 0.1) is 0 Å². The highest BCUT2D eigenvalue weighted by Gasteiger charge is 2.10. The van der Waals surface area contributed by atoms with E-state index >= 15 is 0 Å². The molecule has 0 aromatic carbocycles. The Balaban J connectivity index is 3.77. The van der Waals surface area contributed by atoms with Crippen molar-refractivity contribution in [2.75, 3.05) is 26.0 Å². The van der Waals surface area contributed by atoms with Crippen LogP contribution in [0.1, 0.15) is 6.92 Å². The van der Waals surface area contributed by atoms with Crippen LogP contribution in [0.2, 0.25) is 0 Å². The summed E-state index contributed by atoms with van der Waals surface area (Å²) in [5, 5.41) is 12.6. The van der Waals surface area contributed by atoms with Crippen molar-refractivity contribution < 1.29 is 14.7 Å². The number of amides is 2. The number of aliphatic hydroxyl groups is 1. The molecule has 16 heavy (non-hydrogen) atoms. The fraction of sp³-hybridized carbons (Fsp3) is 0.714. The van der Waals surface area contributed by atoms with E-state index in [9.17, 15) is 9.59 Å². The summed E-state index contributed by atoms with van der Waals surface area (Å²) in [5.41, 5.74) is 7.49. The number of aliphatic hydroxyl groups excluding tert-OH is 1. The Kier molecular flexibility index (Phi) is 9.13. The molecule has 0 aromatic rings. The molecule has 1 unspecified atom stereocenters. The third-order valence-corrected chi connectivity index (χ3v) is 2.19. The molecule has 0 heterocycles. The molecule has 9 heteroatoms. The number of hydrazine groups is 1. The van der Waals surface area contributed by atoms with Crippen molar-refractivity contribution in [2.24, 2.45) is 5.73 Å². The first-order valence-corrected chi connectivity index (χ1v) is 6.07. The average Bonchev–Trinajstić information content (AvgIpc) is 2.26. The maximum absolute atomic E-state index is 11.1. The average molecular weight is 247 g/mol. The molecule has 0 fully saturated rings. The van der Waals surface area contributed by atoms with Crippen molar-refractivity contribution in [1.82, 2.24) is 15.7 Å². The Morgan fingerprint density at radius 1 is 1.56 bits per heavy atom. The molecule has 5 N–H and O–H groups in total. The highest BCUT2D eigenvalue weighted by Crippen LogP contribution is 1.98. The number of hydrogen-bond acceptors (Lipinski definition) is 5. The Labute approximate surface area is 97.1 Å². The lowest BCUT2D eigenvalue weighted by Gasteiger charge is -2.21. The molecule has 0 rings (SSSR count). The number of carbonyl (C=O) groups is 2. The van der Waals surface area contributed by atoms with Gasteiger partial charge in [-0.1, -0.05) is 0 Å². The van der Waals surface area contributed by atoms with Gasteiger partial charge in [0.1, 0.15) is 0 Å². The van der Waals surface area contributed by atoms with Crippen molar-refractivity contribution in [3.05, 3.63) is 0 Å². The molecular formula is C7H17BN4O3P. The zero-order valence-corrected chi connectivity index (χ0v) is 10.2. The van der Waals surface area contributed by atoms with Crippen LogP contribution in [0.15, 0.2) is 0 Å². The van der Waals surface area contributed by atoms with Gasteiger partial charge in [0.2, 0.25) is 13.0 Å². The van der Waals surface area contributed by atoms with Crippen LogP contribution < -0.4 is 16.4 Å². The van der Waals surface area contributed by atoms with Gasteiger partial charge in [-0.3, -0.25) is 20.0 Å². The van der Waals surface area contributed by atoms with Crippen molar-refractivity contribution in [2.45, 2.75) is 6.92 Å². The van der Waals surface area contributed by atoms with Crippen LogP contribution in [-0.2, 0) is 9.59 Å². The van der Waals surface area contributed by atoms with E-state index in [0.717, 1.165) is 0 Å². The number of nitrogens with two attached hydrogens (primary N) is 1. The third kappa shape index (κ3) is 7.59. The van der Waals surface area contributed by atoms with Crippen LogP contribution >= 0.6 is 8.46 Å². The molecule has 1 radical (unpaired) electrons. The first kappa shape index (κ1) is 15.3. The second-order valence-corrected chi connectivity index (χ2v) is 3.88. The van der Waals surface area contributed by atoms with Gasteiger partial charge in [-0.15, -0.1) is 8.46 Å². The maximum atomic E-state index is 11.1. The summed E-state index contributed by atoms with van der Waals surface area (Å²) < 4.78 is 0. The highest BCUT2D eigenvalue weighted by molar-refractivity contribution is 7.70. The molecule has 0 saturated carbocycles. The second-order valence-electron chi connectivity index (χ2n) is 2.87. The molecule has 0 aromatic heterocycles. The van der Waals surface area contributed by atoms with Gasteiger partial charge in [-0.25, -0.2) is 0 Å². The fourth-order valence-corrected chi connectivity index (χ4v) is 1.23. The Morgan fingerprint density at radius 2 is 2.25 bits per heavy atom. The van der Waals surface area contributed by atoms with Gasteiger partial charge in [0.15, 0.2) is 0 Å². The van der Waals surface area contributed by atoms with Gasteiger partial charge in [-0.2, -0.15) is 0 Å². The van der Waals surface area contributed by atoms with E-state index in [1.54, 1.807) is 7.13 Å². The number of rotatable bonds is 7. The normalized spacial score (nSPS) is 10.4. The minimum Gasteiger partial charge on any atom is -0.393 e. The first-order chi connectivity index (χ1) is 7.61. The largest absolute Gasteiger partial charge is 0.393 e. The van der Waals surface area contributed by atoms with E-state index in [1.165, 1.54) is 11.9 Å². The summed E-state index contributed by atoms with van der Waals surface area (Å²) in [4.78, 5) is 22.1. The quantitative estimate of drug-likeness (QED) is 0.173. The Morgan fingerprint density at radius 3 is 2.75 bits per heavy atom. The lowest BCUT2D eigenvalue weighted by atomic mass is 10.4. The van der Waals surface area contributed by atoms with Crippen LogP contribution in [-0.4, -0.2) is 55.0 Å². The zero-order chi connectivity index (χ0) is 12.4. The SMILES string of the molecule is CC(=O)N(CCN[B]PCO)NC(=O)CN. The van der Waals surface area contributed by atoms with Crippen molar-refractivity contribution in [1.29, 1.82) is 0 Å². The van der Waals surface area contributed by atoms with Crippen molar-refractivity contribution in [3.63, 3.8) is 0 Å². The van der Waals surface area contributed by atoms with Crippen LogP contribution in [0.5, 0.6) is 0 Å². The zero-order valence-electron chi connectivity index (χ0n) is 9.19. The number of nitrogens with zero attached hydrogens (tertiary/aromatic N) is 1. The summed E-state index contributed by atoms with van der Waals surface area (Å²) in [6.45, 7) is 2.04. The first-order valence-electron chi connectivity index (χ1n) is 4.78. The third-order valence-electron chi connectivity index (χ3n) is 1.60. The molecule has 91 valence electrons. The number of carbonyl (C=O) groups excluding carboxylic acids is 2. The smallest absolute Gasteiger partial charge is 0.252 e. The summed E-state index contributed by atoms with van der Waals surface area (Å²) in [7, 11) is 2.04. The van der Waals surface area contributed by atoms with E-state index in [1.807, 2.05) is 0 Å². The van der Waals surface area contributed by atoms with Gasteiger partial charge in [0, 0.05) is 13.5 Å². The minimum atomic E-state index is -0.406. The molecule has 0 saturated heterocycles. The molecule has 1 atom stereocenters. The number of nitrogens with one attached hydrogen (secondary N) is 2. The summed E-state index contributed by atoms with van der Waals surface area (Å²) in [6, 6.07) is 0. The highest BCUT2D eigenvalue weighted by atomic mass is 31.1. The molecule has 0 spiro atoms. The molecule has 0 aliphatic carbocycles. The van der Waals surface area contributed by atoms with E-state index in [2.05, 4.69) is 10.7 Å². The molecule has 0 aliphatic heterocycles. The fourth-order valence-electron chi connectivity index (χ4n) is 0.855. The summed E-state index contributed by atoms with van der Waals surface area (Å²) >= 11 is 0. The maximum Gasteiger partial charge on any atom is 0.252 e. The van der Waals surface area contributed by atoms with Gasteiger partial charge in [0.05, 0.1) is 19.4 Å². The second kappa shape index (κ2) is 9.53. The molecule has 0 bridgehead atoms. The Hall–Kier alpha value is -0.685. The van der Waals surface area contributed by atoms with Crippen LogP contribution in [0.25, 0.3) is 0 Å². The monoisotopic (exact) mass is 247 g/mol. The van der Waals surface area contributed by atoms with Gasteiger partial charge in [0.25, 0.3) is 5.91 Å².